The van der Waals surface area contributed by atoms with Crippen LogP contribution in [0, 0.1) is 0 Å². The van der Waals surface area contributed by atoms with Crippen LogP contribution in [0.15, 0.2) is 42.5 Å². The zero-order chi connectivity index (χ0) is 21.2. The van der Waals surface area contributed by atoms with Crippen molar-refractivity contribution in [2.24, 2.45) is 5.73 Å². The first-order valence-electron chi connectivity index (χ1n) is 8.94. The van der Waals surface area contributed by atoms with Gasteiger partial charge in [0.25, 0.3) is 5.88 Å². The van der Waals surface area contributed by atoms with Gasteiger partial charge in [-0.05, 0) is 18.6 Å². The molecule has 0 aliphatic rings. The highest BCUT2D eigenvalue weighted by molar-refractivity contribution is 7.80. The normalized spacial score (nSPS) is 12.8. The molecule has 10 heteroatoms. The monoisotopic (exact) mass is 420 g/mol. The van der Waals surface area contributed by atoms with Crippen molar-refractivity contribution in [3.05, 3.63) is 42.5 Å². The number of carbonyl (C=O) groups is 2. The molecular formula is C19H24N4O5S. The topological polar surface area (TPSA) is 147 Å². The molecule has 0 bridgehead atoms. The number of nitrogens with one attached hydrogen (secondary N) is 2. The lowest BCUT2D eigenvalue weighted by atomic mass is 10.1. The number of nitrogens with two attached hydrogens (primary N) is 1. The molecule has 2 aromatic rings. The summed E-state index contributed by atoms with van der Waals surface area (Å²) in [4.78, 5) is 32.0. The predicted octanol–water partition coefficient (Wildman–Crippen LogP) is 1.62. The number of hydrogen-bond acceptors (Lipinski definition) is 8. The van der Waals surface area contributed by atoms with Gasteiger partial charge in [0.15, 0.2) is 0 Å². The van der Waals surface area contributed by atoms with E-state index in [1.54, 1.807) is 12.1 Å². The molecule has 9 nitrogen and oxygen atoms in total. The Bertz CT molecular complexity index is 822. The number of nitrogens with zero attached hydrogens (tertiary/aromatic N) is 1. The lowest BCUT2D eigenvalue weighted by Crippen LogP contribution is -2.39. The molecule has 0 aliphatic heterocycles. The maximum atomic E-state index is 11.4. The number of rotatable bonds is 12. The fourth-order valence-corrected chi connectivity index (χ4v) is 2.48. The summed E-state index contributed by atoms with van der Waals surface area (Å²) in [7, 11) is 0. The van der Waals surface area contributed by atoms with Crippen LogP contribution in [-0.2, 0) is 9.59 Å². The number of aliphatic carboxylic acids is 2. The van der Waals surface area contributed by atoms with E-state index in [1.807, 2.05) is 30.3 Å². The van der Waals surface area contributed by atoms with Gasteiger partial charge in [0.1, 0.15) is 6.04 Å². The second-order valence-corrected chi connectivity index (χ2v) is 6.65. The third-order valence-electron chi connectivity index (χ3n) is 3.96. The highest BCUT2D eigenvalue weighted by Gasteiger charge is 2.20. The average molecular weight is 420 g/mol. The number of thiol groups is 1. The van der Waals surface area contributed by atoms with Crippen LogP contribution in [0.4, 0.5) is 5.69 Å². The molecule has 0 fully saturated rings. The fraction of sp³-hybridized carbons (Fsp3) is 0.316. The molecular weight excluding hydrogens is 396 g/mol. The van der Waals surface area contributed by atoms with E-state index in [0.717, 1.165) is 5.56 Å². The summed E-state index contributed by atoms with van der Waals surface area (Å²) in [5.41, 5.74) is 10.3. The van der Waals surface area contributed by atoms with Crippen LogP contribution in [0.25, 0.3) is 11.3 Å². The molecule has 0 saturated carbocycles. The van der Waals surface area contributed by atoms with Crippen molar-refractivity contribution < 1.29 is 24.6 Å². The average Bonchev–Trinajstić information content (AvgIpc) is 2.72. The van der Waals surface area contributed by atoms with E-state index < -0.39 is 18.0 Å². The third kappa shape index (κ3) is 7.26. The minimum absolute atomic E-state index is 0.124. The molecule has 0 amide bonds. The minimum atomic E-state index is -1.22. The number of pyridine rings is 1. The molecule has 156 valence electrons. The van der Waals surface area contributed by atoms with Gasteiger partial charge in [-0.1, -0.05) is 30.3 Å². The van der Waals surface area contributed by atoms with Crippen LogP contribution in [0.3, 0.4) is 0 Å². The number of benzene rings is 1. The second kappa shape index (κ2) is 11.2. The van der Waals surface area contributed by atoms with Gasteiger partial charge in [0, 0.05) is 30.3 Å². The van der Waals surface area contributed by atoms with E-state index in [0.29, 0.717) is 23.7 Å². The molecule has 1 heterocycles. The Morgan fingerprint density at radius 2 is 1.90 bits per heavy atom. The molecule has 0 saturated heterocycles. The van der Waals surface area contributed by atoms with Crippen molar-refractivity contribution in [2.75, 3.05) is 17.6 Å². The maximum Gasteiger partial charge on any atom is 0.324 e. The summed E-state index contributed by atoms with van der Waals surface area (Å²) < 4.78 is 0. The summed E-state index contributed by atoms with van der Waals surface area (Å²) in [6, 6.07) is 11.6. The van der Waals surface area contributed by atoms with Crippen LogP contribution in [0.2, 0.25) is 0 Å². The van der Waals surface area contributed by atoms with Gasteiger partial charge in [-0.25, -0.2) is 4.98 Å². The van der Waals surface area contributed by atoms with Crippen molar-refractivity contribution in [3.63, 3.8) is 0 Å². The van der Waals surface area contributed by atoms with E-state index in [1.165, 1.54) is 0 Å². The summed E-state index contributed by atoms with van der Waals surface area (Å²) >= 11 is 4.14. The Balaban J connectivity index is 2.21. The Kier molecular flexibility index (Phi) is 8.71. The van der Waals surface area contributed by atoms with Gasteiger partial charge in [0.2, 0.25) is 0 Å². The van der Waals surface area contributed by atoms with Crippen molar-refractivity contribution in [1.29, 1.82) is 0 Å². The van der Waals surface area contributed by atoms with Gasteiger partial charge in [-0.2, -0.15) is 12.6 Å². The van der Waals surface area contributed by atoms with Gasteiger partial charge in [0.05, 0.1) is 11.4 Å². The van der Waals surface area contributed by atoms with E-state index in [2.05, 4.69) is 28.4 Å². The predicted molar refractivity (Wildman–Crippen MR) is 112 cm³/mol. The minimum Gasteiger partial charge on any atom is -0.481 e. The van der Waals surface area contributed by atoms with Crippen molar-refractivity contribution in [3.8, 4) is 17.1 Å². The molecule has 29 heavy (non-hydrogen) atoms. The largest absolute Gasteiger partial charge is 0.481 e. The SMILES string of the molecule is NC(CS)CNc1ccc(-c2ccccc2)nc1ON[C@@H](CCC(=O)O)C(=O)O. The molecule has 2 rings (SSSR count). The first kappa shape index (κ1) is 22.5. The fourth-order valence-electron chi connectivity index (χ4n) is 2.36. The van der Waals surface area contributed by atoms with Gasteiger partial charge >= 0.3 is 11.9 Å². The molecule has 0 aliphatic carbocycles. The Morgan fingerprint density at radius 1 is 1.17 bits per heavy atom. The lowest BCUT2D eigenvalue weighted by molar-refractivity contribution is -0.142. The highest BCUT2D eigenvalue weighted by atomic mass is 32.1. The molecule has 0 radical (unpaired) electrons. The smallest absolute Gasteiger partial charge is 0.324 e. The summed E-state index contributed by atoms with van der Waals surface area (Å²) in [6.45, 7) is 0.410. The lowest BCUT2D eigenvalue weighted by Gasteiger charge is -2.18. The number of aromatic nitrogens is 1. The number of carboxylic acid groups (broad SMARTS) is 2. The second-order valence-electron chi connectivity index (χ2n) is 6.28. The van der Waals surface area contributed by atoms with E-state index in [9.17, 15) is 14.7 Å². The van der Waals surface area contributed by atoms with Crippen LogP contribution in [0.1, 0.15) is 12.8 Å². The van der Waals surface area contributed by atoms with Crippen LogP contribution >= 0.6 is 12.6 Å². The maximum absolute atomic E-state index is 11.4. The number of anilines is 1. The Hall–Kier alpha value is -2.82. The molecule has 0 spiro atoms. The zero-order valence-corrected chi connectivity index (χ0v) is 16.5. The van der Waals surface area contributed by atoms with E-state index in [4.69, 9.17) is 15.7 Å². The van der Waals surface area contributed by atoms with Crippen molar-refractivity contribution in [2.45, 2.75) is 24.9 Å². The van der Waals surface area contributed by atoms with Crippen LogP contribution in [0.5, 0.6) is 5.88 Å². The standard InChI is InChI=1S/C19H24N4O5S/c20-13(11-29)10-21-15-7-6-14(12-4-2-1-3-5-12)22-18(15)28-23-16(19(26)27)8-9-17(24)25/h1-7,13,16,21,23,29H,8-11,20H2,(H,24,25)(H,26,27)/t13?,16-/m0/s1. The molecule has 1 aromatic heterocycles. The first-order valence-corrected chi connectivity index (χ1v) is 9.57. The quantitative estimate of drug-likeness (QED) is 0.223. The molecule has 1 aromatic carbocycles. The summed E-state index contributed by atoms with van der Waals surface area (Å²) in [5.74, 6) is -1.71. The number of hydroxylamine groups is 1. The van der Waals surface area contributed by atoms with Gasteiger partial charge in [-0.15, -0.1) is 5.48 Å². The van der Waals surface area contributed by atoms with Crippen molar-refractivity contribution in [1.82, 2.24) is 10.5 Å². The van der Waals surface area contributed by atoms with E-state index in [-0.39, 0.29) is 24.8 Å². The highest BCUT2D eigenvalue weighted by Crippen LogP contribution is 2.27. The Labute approximate surface area is 173 Å². The van der Waals surface area contributed by atoms with Gasteiger partial charge in [-0.3, -0.25) is 9.59 Å². The van der Waals surface area contributed by atoms with Crippen LogP contribution in [-0.4, -0.2) is 51.5 Å². The summed E-state index contributed by atoms with van der Waals surface area (Å²) in [6.07, 6.45) is -0.455. The molecule has 6 N–H and O–H groups in total. The van der Waals surface area contributed by atoms with E-state index >= 15 is 0 Å². The van der Waals surface area contributed by atoms with Gasteiger partial charge < -0.3 is 26.1 Å². The third-order valence-corrected chi connectivity index (χ3v) is 4.43. The van der Waals surface area contributed by atoms with Crippen molar-refractivity contribution >= 4 is 30.3 Å². The zero-order valence-electron chi connectivity index (χ0n) is 15.6. The number of carboxylic acids is 2. The molecule has 1 unspecified atom stereocenters. The first-order chi connectivity index (χ1) is 13.9. The molecule has 2 atom stereocenters. The van der Waals surface area contributed by atoms with Crippen LogP contribution < -0.4 is 21.4 Å². The summed E-state index contributed by atoms with van der Waals surface area (Å²) in [5, 5.41) is 21.2. The number of hydrogen-bond donors (Lipinski definition) is 6. The Morgan fingerprint density at radius 3 is 2.52 bits per heavy atom.